The van der Waals surface area contributed by atoms with E-state index < -0.39 is 0 Å². The van der Waals surface area contributed by atoms with Crippen LogP contribution in [-0.2, 0) is 0 Å². The third-order valence-corrected chi connectivity index (χ3v) is 2.83. The SMILES string of the molecule is CCCCCCCCCCCCS.O. The molecule has 0 atom stereocenters. The summed E-state index contributed by atoms with van der Waals surface area (Å²) in [4.78, 5) is 0. The van der Waals surface area contributed by atoms with Gasteiger partial charge in [0.15, 0.2) is 0 Å². The fraction of sp³-hybridized carbons (Fsp3) is 1.00. The molecule has 0 aromatic heterocycles. The van der Waals surface area contributed by atoms with Crippen LogP contribution in [0.3, 0.4) is 0 Å². The highest BCUT2D eigenvalue weighted by Gasteiger charge is 1.91. The van der Waals surface area contributed by atoms with Gasteiger partial charge in [-0.1, -0.05) is 64.7 Å². The highest BCUT2D eigenvalue weighted by molar-refractivity contribution is 7.80. The van der Waals surface area contributed by atoms with Crippen molar-refractivity contribution in [1.82, 2.24) is 0 Å². The second-order valence-electron chi connectivity index (χ2n) is 3.91. The van der Waals surface area contributed by atoms with Gasteiger partial charge in [-0.2, -0.15) is 12.6 Å². The molecule has 14 heavy (non-hydrogen) atoms. The van der Waals surface area contributed by atoms with Crippen LogP contribution in [0.2, 0.25) is 0 Å². The molecule has 0 aliphatic rings. The molecular weight excluding hydrogens is 192 g/mol. The third kappa shape index (κ3) is 14.8. The Labute approximate surface area is 95.4 Å². The normalized spacial score (nSPS) is 9.86. The molecule has 0 saturated carbocycles. The number of hydrogen-bond acceptors (Lipinski definition) is 1. The molecule has 0 amide bonds. The predicted molar refractivity (Wildman–Crippen MR) is 69.3 cm³/mol. The minimum Gasteiger partial charge on any atom is -0.412 e. The maximum Gasteiger partial charge on any atom is -0.00979 e. The minimum absolute atomic E-state index is 0. The molecule has 0 aliphatic heterocycles. The van der Waals surface area contributed by atoms with Gasteiger partial charge in [0.05, 0.1) is 0 Å². The van der Waals surface area contributed by atoms with Crippen LogP contribution in [0.5, 0.6) is 0 Å². The lowest BCUT2D eigenvalue weighted by Crippen LogP contribution is -1.81. The van der Waals surface area contributed by atoms with E-state index in [0.717, 1.165) is 5.75 Å². The quantitative estimate of drug-likeness (QED) is 0.426. The van der Waals surface area contributed by atoms with Crippen LogP contribution < -0.4 is 0 Å². The highest BCUT2D eigenvalue weighted by Crippen LogP contribution is 2.10. The van der Waals surface area contributed by atoms with Gasteiger partial charge in [0.1, 0.15) is 0 Å². The molecule has 0 aromatic rings. The van der Waals surface area contributed by atoms with Crippen LogP contribution >= 0.6 is 12.6 Å². The first-order chi connectivity index (χ1) is 6.41. The molecular formula is C12H28OS. The first-order valence-corrected chi connectivity index (χ1v) is 6.66. The van der Waals surface area contributed by atoms with Crippen molar-refractivity contribution in [2.24, 2.45) is 0 Å². The van der Waals surface area contributed by atoms with E-state index in [1.807, 2.05) is 0 Å². The van der Waals surface area contributed by atoms with E-state index in [0.29, 0.717) is 0 Å². The average molecular weight is 220 g/mol. The van der Waals surface area contributed by atoms with Gasteiger partial charge in [0.25, 0.3) is 0 Å². The summed E-state index contributed by atoms with van der Waals surface area (Å²) in [5.41, 5.74) is 0. The summed E-state index contributed by atoms with van der Waals surface area (Å²) in [6, 6.07) is 0. The zero-order valence-electron chi connectivity index (χ0n) is 9.73. The molecule has 0 rings (SSSR count). The number of hydrogen-bond donors (Lipinski definition) is 1. The Bertz CT molecular complexity index is 76.4. The molecule has 88 valence electrons. The summed E-state index contributed by atoms with van der Waals surface area (Å²) in [5.74, 6) is 1.07. The Balaban J connectivity index is 0. The second-order valence-corrected chi connectivity index (χ2v) is 4.35. The van der Waals surface area contributed by atoms with Crippen molar-refractivity contribution in [2.75, 3.05) is 5.75 Å². The van der Waals surface area contributed by atoms with Crippen LogP contribution in [0.25, 0.3) is 0 Å². The van der Waals surface area contributed by atoms with Crippen molar-refractivity contribution in [1.29, 1.82) is 0 Å². The number of unbranched alkanes of at least 4 members (excludes halogenated alkanes) is 9. The fourth-order valence-electron chi connectivity index (χ4n) is 1.60. The number of thiol groups is 1. The summed E-state index contributed by atoms with van der Waals surface area (Å²) in [6.07, 6.45) is 14.2. The summed E-state index contributed by atoms with van der Waals surface area (Å²) in [7, 11) is 0. The molecule has 0 radical (unpaired) electrons. The summed E-state index contributed by atoms with van der Waals surface area (Å²) in [6.45, 7) is 2.28. The van der Waals surface area contributed by atoms with Gasteiger partial charge >= 0.3 is 0 Å². The lowest BCUT2D eigenvalue weighted by molar-refractivity contribution is 0.563. The molecule has 0 unspecified atom stereocenters. The minimum atomic E-state index is 0. The molecule has 0 heterocycles. The maximum absolute atomic E-state index is 4.20. The van der Waals surface area contributed by atoms with Gasteiger partial charge in [0, 0.05) is 0 Å². The van der Waals surface area contributed by atoms with E-state index in [9.17, 15) is 0 Å². The Morgan fingerprint density at radius 1 is 0.643 bits per heavy atom. The molecule has 0 spiro atoms. The predicted octanol–water partition coefficient (Wildman–Crippen LogP) is 4.01. The van der Waals surface area contributed by atoms with Gasteiger partial charge in [-0.15, -0.1) is 0 Å². The zero-order chi connectivity index (χ0) is 9.78. The van der Waals surface area contributed by atoms with Crippen LogP contribution in [0.4, 0.5) is 0 Å². The Morgan fingerprint density at radius 3 is 1.36 bits per heavy atom. The summed E-state index contributed by atoms with van der Waals surface area (Å²) in [5, 5.41) is 0. The Kier molecular flexibility index (Phi) is 18.8. The summed E-state index contributed by atoms with van der Waals surface area (Å²) < 4.78 is 0. The largest absolute Gasteiger partial charge is 0.412 e. The van der Waals surface area contributed by atoms with Crippen molar-refractivity contribution in [3.05, 3.63) is 0 Å². The van der Waals surface area contributed by atoms with Crippen LogP contribution in [0, 0.1) is 0 Å². The summed E-state index contributed by atoms with van der Waals surface area (Å²) >= 11 is 4.20. The Morgan fingerprint density at radius 2 is 1.00 bits per heavy atom. The van der Waals surface area contributed by atoms with Crippen molar-refractivity contribution in [3.63, 3.8) is 0 Å². The van der Waals surface area contributed by atoms with Crippen molar-refractivity contribution in [3.8, 4) is 0 Å². The van der Waals surface area contributed by atoms with Crippen molar-refractivity contribution < 1.29 is 5.48 Å². The molecule has 0 aliphatic carbocycles. The van der Waals surface area contributed by atoms with E-state index in [2.05, 4.69) is 19.6 Å². The standard InChI is InChI=1S/C12H26S.H2O/c1-2-3-4-5-6-7-8-9-10-11-12-13;/h13H,2-12H2,1H3;1H2. The molecule has 0 aromatic carbocycles. The van der Waals surface area contributed by atoms with Gasteiger partial charge in [-0.3, -0.25) is 0 Å². The van der Waals surface area contributed by atoms with Crippen molar-refractivity contribution >= 4 is 12.6 Å². The number of rotatable bonds is 10. The van der Waals surface area contributed by atoms with Crippen molar-refractivity contribution in [2.45, 2.75) is 71.1 Å². The van der Waals surface area contributed by atoms with Crippen LogP contribution in [-0.4, -0.2) is 11.2 Å². The lowest BCUT2D eigenvalue weighted by atomic mass is 10.1. The lowest BCUT2D eigenvalue weighted by Gasteiger charge is -2.00. The van der Waals surface area contributed by atoms with Crippen LogP contribution in [0.15, 0.2) is 0 Å². The first kappa shape index (κ1) is 16.7. The van der Waals surface area contributed by atoms with Crippen LogP contribution in [0.1, 0.15) is 71.1 Å². The fourth-order valence-corrected chi connectivity index (χ4v) is 1.82. The van der Waals surface area contributed by atoms with E-state index in [4.69, 9.17) is 0 Å². The van der Waals surface area contributed by atoms with Gasteiger partial charge in [0.2, 0.25) is 0 Å². The third-order valence-electron chi connectivity index (χ3n) is 2.51. The molecule has 0 bridgehead atoms. The van der Waals surface area contributed by atoms with Gasteiger partial charge in [-0.05, 0) is 12.2 Å². The van der Waals surface area contributed by atoms with E-state index >= 15 is 0 Å². The zero-order valence-corrected chi connectivity index (χ0v) is 10.6. The first-order valence-electron chi connectivity index (χ1n) is 6.02. The topological polar surface area (TPSA) is 31.5 Å². The second kappa shape index (κ2) is 15.8. The smallest absolute Gasteiger partial charge is 0.00979 e. The van der Waals surface area contributed by atoms with E-state index in [1.54, 1.807) is 0 Å². The highest BCUT2D eigenvalue weighted by atomic mass is 32.1. The average Bonchev–Trinajstić information content (AvgIpc) is 2.16. The van der Waals surface area contributed by atoms with Gasteiger partial charge < -0.3 is 5.48 Å². The molecule has 2 N–H and O–H groups in total. The maximum atomic E-state index is 4.20. The monoisotopic (exact) mass is 220 g/mol. The molecule has 1 nitrogen and oxygen atoms in total. The van der Waals surface area contributed by atoms with Gasteiger partial charge in [-0.25, -0.2) is 0 Å². The molecule has 2 heteroatoms. The molecule has 0 fully saturated rings. The molecule has 0 saturated heterocycles. The van der Waals surface area contributed by atoms with E-state index in [1.165, 1.54) is 64.2 Å². The van der Waals surface area contributed by atoms with E-state index in [-0.39, 0.29) is 5.48 Å². The Hall–Kier alpha value is 0.310.